The summed E-state index contributed by atoms with van der Waals surface area (Å²) in [5.41, 5.74) is 3.31. The summed E-state index contributed by atoms with van der Waals surface area (Å²) in [6, 6.07) is 12.0. The Hall–Kier alpha value is -1.37. The van der Waals surface area contributed by atoms with Crippen LogP contribution in [-0.4, -0.2) is 9.97 Å². The molecule has 2 heterocycles. The molecule has 0 N–H and O–H groups in total. The van der Waals surface area contributed by atoms with Gasteiger partial charge in [-0.15, -0.1) is 24.1 Å². The molecule has 0 saturated heterocycles. The van der Waals surface area contributed by atoms with Gasteiger partial charge in [0, 0.05) is 12.4 Å². The van der Waals surface area contributed by atoms with Gasteiger partial charge >= 0.3 is 28.2 Å². The number of allylic oxidation sites excluding steroid dienone is 4. The summed E-state index contributed by atoms with van der Waals surface area (Å²) in [5, 5.41) is 0. The Morgan fingerprint density at radius 3 is 2.40 bits per heavy atom. The second-order valence-corrected chi connectivity index (χ2v) is 4.18. The van der Waals surface area contributed by atoms with Crippen LogP contribution in [-0.2, 0) is 18.8 Å². The first-order valence-corrected chi connectivity index (χ1v) is 8.93. The molecule has 0 aromatic carbocycles. The number of aromatic nitrogens is 2. The summed E-state index contributed by atoms with van der Waals surface area (Å²) in [4.78, 5) is 8.79. The van der Waals surface area contributed by atoms with Gasteiger partial charge < -0.3 is 0 Å². The molecule has 0 aliphatic heterocycles. The fourth-order valence-electron chi connectivity index (χ4n) is 2.06. The molecule has 3 rings (SSSR count). The molecule has 0 atom stereocenters. The van der Waals surface area contributed by atoms with Crippen LogP contribution in [0.4, 0.5) is 0 Å². The summed E-state index contributed by atoms with van der Waals surface area (Å²) in [6.07, 6.45) is 10.8. The molecule has 2 nitrogen and oxygen atoms in total. The Labute approximate surface area is 134 Å². The first kappa shape index (κ1) is 15.0. The number of rotatable bonds is 2. The molecule has 0 amide bonds. The Kier molecular flexibility index (Phi) is 6.04. The third kappa shape index (κ3) is 3.81. The molecule has 0 radical (unpaired) electrons. The zero-order chi connectivity index (χ0) is 14.2. The van der Waals surface area contributed by atoms with Crippen molar-refractivity contribution in [2.24, 2.45) is 0 Å². The van der Waals surface area contributed by atoms with Gasteiger partial charge in [0.25, 0.3) is 0 Å². The number of halogens is 1. The standard InChI is InChI=1S/C16H13N2.ClH.Pt/c1-3-10-17-15(8-1)13-6-5-7-14(12-13)16-9-2-4-11-18-16;;/h1-11H,12H2;1H;/q-1;;+2/p-1. The van der Waals surface area contributed by atoms with E-state index in [1.54, 1.807) is 18.8 Å². The van der Waals surface area contributed by atoms with Crippen LogP contribution < -0.4 is 0 Å². The van der Waals surface area contributed by atoms with Crippen molar-refractivity contribution in [2.75, 3.05) is 0 Å². The minimum atomic E-state index is 0.879. The molecule has 1 aliphatic rings. The van der Waals surface area contributed by atoms with E-state index in [0.717, 1.165) is 17.8 Å². The molecule has 0 bridgehead atoms. The van der Waals surface area contributed by atoms with Crippen LogP contribution in [0.3, 0.4) is 0 Å². The summed E-state index contributed by atoms with van der Waals surface area (Å²) in [7, 11) is 4.61. The fourth-order valence-corrected chi connectivity index (χ4v) is 2.06. The maximum absolute atomic E-state index is 4.61. The maximum atomic E-state index is 4.61. The molecule has 4 heteroatoms. The molecule has 0 spiro atoms. The molecule has 104 valence electrons. The van der Waals surface area contributed by atoms with Crippen molar-refractivity contribution in [3.05, 3.63) is 84.3 Å². The van der Waals surface area contributed by atoms with Crippen LogP contribution in [0.2, 0.25) is 0 Å². The van der Waals surface area contributed by atoms with Crippen molar-refractivity contribution in [2.45, 2.75) is 6.42 Å². The summed E-state index contributed by atoms with van der Waals surface area (Å²) >= 11 is 1.61. The van der Waals surface area contributed by atoms with E-state index >= 15 is 0 Å². The Morgan fingerprint density at radius 1 is 1.00 bits per heavy atom. The Bertz CT molecular complexity index is 582. The molecule has 0 fully saturated rings. The van der Waals surface area contributed by atoms with Crippen LogP contribution in [0.5, 0.6) is 0 Å². The average molecular weight is 464 g/mol. The van der Waals surface area contributed by atoms with Gasteiger partial charge in [0.15, 0.2) is 0 Å². The van der Waals surface area contributed by atoms with Crippen LogP contribution in [0.1, 0.15) is 17.8 Å². The van der Waals surface area contributed by atoms with Crippen LogP contribution in [0.15, 0.2) is 67.0 Å². The molecular weight excluding hydrogens is 451 g/mol. The van der Waals surface area contributed by atoms with Crippen LogP contribution in [0.25, 0.3) is 5.57 Å². The normalized spacial score (nSPS) is 13.3. The number of hydrogen-bond acceptors (Lipinski definition) is 2. The molecule has 2 aromatic heterocycles. The average Bonchev–Trinajstić information content (AvgIpc) is 2.58. The topological polar surface area (TPSA) is 25.8 Å². The number of pyridine rings is 2. The Morgan fingerprint density at radius 2 is 1.75 bits per heavy atom. The molecule has 0 saturated carbocycles. The molecular formula is C16H13ClN2Pt. The van der Waals surface area contributed by atoms with Crippen molar-refractivity contribution in [3.63, 3.8) is 0 Å². The van der Waals surface area contributed by atoms with E-state index in [0.29, 0.717) is 0 Å². The van der Waals surface area contributed by atoms with Crippen LogP contribution >= 0.6 is 9.42 Å². The first-order valence-electron chi connectivity index (χ1n) is 6.11. The fraction of sp³-hybridized carbons (Fsp3) is 0.0625. The van der Waals surface area contributed by atoms with Gasteiger partial charge in [-0.3, -0.25) is 9.97 Å². The van der Waals surface area contributed by atoms with Gasteiger partial charge in [-0.25, -0.2) is 0 Å². The number of hydrogen-bond donors (Lipinski definition) is 0. The van der Waals surface area contributed by atoms with E-state index in [-0.39, 0.29) is 0 Å². The van der Waals surface area contributed by atoms with E-state index in [1.807, 2.05) is 48.8 Å². The minimum absolute atomic E-state index is 0.879. The summed E-state index contributed by atoms with van der Waals surface area (Å²) in [6.45, 7) is 0. The third-order valence-corrected chi connectivity index (χ3v) is 2.96. The predicted octanol–water partition coefficient (Wildman–Crippen LogP) is 4.13. The van der Waals surface area contributed by atoms with Gasteiger partial charge in [-0.2, -0.15) is 12.2 Å². The van der Waals surface area contributed by atoms with E-state index < -0.39 is 0 Å². The van der Waals surface area contributed by atoms with Crippen molar-refractivity contribution in [3.8, 4) is 0 Å². The first-order chi connectivity index (χ1) is 9.93. The second kappa shape index (κ2) is 8.04. The second-order valence-electron chi connectivity index (χ2n) is 4.18. The van der Waals surface area contributed by atoms with Crippen molar-refractivity contribution in [1.29, 1.82) is 0 Å². The zero-order valence-electron chi connectivity index (χ0n) is 10.6. The monoisotopic (exact) mass is 463 g/mol. The third-order valence-electron chi connectivity index (χ3n) is 2.96. The van der Waals surface area contributed by atoms with E-state index in [1.165, 1.54) is 11.5 Å². The molecule has 1 aliphatic carbocycles. The molecule has 0 unspecified atom stereocenters. The van der Waals surface area contributed by atoms with Crippen molar-refractivity contribution in [1.82, 2.24) is 9.97 Å². The van der Waals surface area contributed by atoms with Gasteiger partial charge in [-0.05, 0) is 29.8 Å². The van der Waals surface area contributed by atoms with Gasteiger partial charge in [0.1, 0.15) is 0 Å². The SMILES string of the molecule is C1=C[C-](c2ccccn2)CC(c2ccccn2)=C1.[Cl][Pt+]. The van der Waals surface area contributed by atoms with Gasteiger partial charge in [0.05, 0.1) is 5.69 Å². The van der Waals surface area contributed by atoms with Crippen molar-refractivity contribution >= 4 is 15.0 Å². The molecule has 20 heavy (non-hydrogen) atoms. The van der Waals surface area contributed by atoms with Gasteiger partial charge in [0.2, 0.25) is 0 Å². The van der Waals surface area contributed by atoms with E-state index in [9.17, 15) is 0 Å². The summed E-state index contributed by atoms with van der Waals surface area (Å²) < 4.78 is 0. The number of nitrogens with zero attached hydrogens (tertiary/aromatic N) is 2. The van der Waals surface area contributed by atoms with E-state index in [4.69, 9.17) is 0 Å². The molecule has 2 aromatic rings. The predicted molar refractivity (Wildman–Crippen MR) is 78.4 cm³/mol. The quantitative estimate of drug-likeness (QED) is 0.626. The van der Waals surface area contributed by atoms with E-state index in [2.05, 4.69) is 37.6 Å². The van der Waals surface area contributed by atoms with Gasteiger partial charge in [-0.1, -0.05) is 12.1 Å². The zero-order valence-corrected chi connectivity index (χ0v) is 13.7. The van der Waals surface area contributed by atoms with Crippen LogP contribution in [0, 0.1) is 5.92 Å². The summed E-state index contributed by atoms with van der Waals surface area (Å²) in [5.74, 6) is 1.23. The Balaban J connectivity index is 0.000000704. The van der Waals surface area contributed by atoms with Crippen molar-refractivity contribution < 1.29 is 18.8 Å².